The Morgan fingerprint density at radius 1 is 1.12 bits per heavy atom. The third-order valence-electron chi connectivity index (χ3n) is 3.52. The Hall–Kier alpha value is -2.06. The molecule has 0 spiro atoms. The highest BCUT2D eigenvalue weighted by Crippen LogP contribution is 2.16. The summed E-state index contributed by atoms with van der Waals surface area (Å²) >= 11 is 7.41. The van der Waals surface area contributed by atoms with Crippen LogP contribution in [-0.2, 0) is 0 Å². The van der Waals surface area contributed by atoms with Gasteiger partial charge in [0.1, 0.15) is 5.82 Å². The molecule has 24 heavy (non-hydrogen) atoms. The number of aryl methyl sites for hydroxylation is 1. The van der Waals surface area contributed by atoms with Crippen LogP contribution in [0.15, 0.2) is 54.7 Å². The third-order valence-corrected chi connectivity index (χ3v) is 4.31. The first-order valence-electron chi connectivity index (χ1n) is 7.26. The number of nitrogens with one attached hydrogen (secondary N) is 2. The van der Waals surface area contributed by atoms with Gasteiger partial charge in [0, 0.05) is 15.3 Å². The molecule has 1 aromatic heterocycles. The zero-order chi connectivity index (χ0) is 17.1. The molecule has 4 nitrogen and oxygen atoms in total. The molecule has 0 saturated carbocycles. The number of hydrogen-bond acceptors (Lipinski definition) is 3. The molecule has 6 heteroatoms. The van der Waals surface area contributed by atoms with E-state index < -0.39 is 0 Å². The van der Waals surface area contributed by atoms with E-state index in [2.05, 4.69) is 38.2 Å². The summed E-state index contributed by atoms with van der Waals surface area (Å²) in [5.41, 5.74) is 1.52. The predicted octanol–water partition coefficient (Wildman–Crippen LogP) is 4.27. The molecule has 0 fully saturated rings. The van der Waals surface area contributed by atoms with Gasteiger partial charge in [-0.2, -0.15) is 0 Å². The lowest BCUT2D eigenvalue weighted by Gasteiger charge is -2.11. The van der Waals surface area contributed by atoms with Gasteiger partial charge in [0.2, 0.25) is 0 Å². The zero-order valence-electron chi connectivity index (χ0n) is 12.8. The number of pyridine rings is 1. The average molecular weight is 447 g/mol. The minimum Gasteiger partial charge on any atom is -0.317 e. The van der Waals surface area contributed by atoms with Crippen molar-refractivity contribution < 1.29 is 4.79 Å². The highest BCUT2D eigenvalue weighted by atomic mass is 127. The molecule has 3 rings (SSSR count). The molecule has 0 radical (unpaired) electrons. The summed E-state index contributed by atoms with van der Waals surface area (Å²) in [4.78, 5) is 16.6. The maximum absolute atomic E-state index is 12.4. The van der Waals surface area contributed by atoms with Gasteiger partial charge in [0.05, 0.1) is 0 Å². The third kappa shape index (κ3) is 3.88. The second-order valence-electron chi connectivity index (χ2n) is 5.29. The molecule has 2 aromatic carbocycles. The summed E-state index contributed by atoms with van der Waals surface area (Å²) in [5, 5.41) is 7.98. The lowest BCUT2D eigenvalue weighted by atomic mass is 10.1. The van der Waals surface area contributed by atoms with Gasteiger partial charge in [-0.3, -0.25) is 10.1 Å². The Kier molecular flexibility index (Phi) is 5.06. The van der Waals surface area contributed by atoms with Crippen LogP contribution in [0.25, 0.3) is 10.8 Å². The van der Waals surface area contributed by atoms with Crippen molar-refractivity contribution in [3.05, 3.63) is 69.4 Å². The fraction of sp³-hybridized carbons (Fsp3) is 0.0556. The van der Waals surface area contributed by atoms with Crippen molar-refractivity contribution in [3.8, 4) is 0 Å². The smallest absolute Gasteiger partial charge is 0.257 e. The summed E-state index contributed by atoms with van der Waals surface area (Å²) < 4.78 is 1.04. The number of thiocarbonyl (C=S) groups is 1. The Balaban J connectivity index is 1.72. The van der Waals surface area contributed by atoms with E-state index in [0.29, 0.717) is 11.4 Å². The Bertz CT molecular complexity index is 942. The average Bonchev–Trinajstić information content (AvgIpc) is 2.57. The maximum atomic E-state index is 12.4. The summed E-state index contributed by atoms with van der Waals surface area (Å²) in [6.45, 7) is 1.94. The number of amides is 1. The first kappa shape index (κ1) is 16.8. The number of halogens is 1. The normalized spacial score (nSPS) is 10.4. The molecule has 0 aliphatic heterocycles. The minimum absolute atomic E-state index is 0.227. The standard InChI is InChI=1S/C18H14IN3OS/c1-11-8-15(19)10-20-16(11)21-18(24)22-17(23)14-7-6-12-4-2-3-5-13(12)9-14/h2-10H,1H3,(H2,20,21,22,23,24). The van der Waals surface area contributed by atoms with Gasteiger partial charge in [-0.25, -0.2) is 4.98 Å². The van der Waals surface area contributed by atoms with E-state index in [1.54, 1.807) is 12.3 Å². The van der Waals surface area contributed by atoms with Crippen LogP contribution in [0.4, 0.5) is 5.82 Å². The predicted molar refractivity (Wildman–Crippen MR) is 109 cm³/mol. The maximum Gasteiger partial charge on any atom is 0.257 e. The largest absolute Gasteiger partial charge is 0.317 e. The van der Waals surface area contributed by atoms with E-state index in [9.17, 15) is 4.79 Å². The van der Waals surface area contributed by atoms with Crippen LogP contribution < -0.4 is 10.6 Å². The van der Waals surface area contributed by atoms with E-state index in [1.807, 2.05) is 49.4 Å². The molecule has 0 atom stereocenters. The van der Waals surface area contributed by atoms with E-state index in [1.165, 1.54) is 0 Å². The number of hydrogen-bond donors (Lipinski definition) is 2. The Labute approximate surface area is 158 Å². The van der Waals surface area contributed by atoms with E-state index in [4.69, 9.17) is 12.2 Å². The first-order chi connectivity index (χ1) is 11.5. The van der Waals surface area contributed by atoms with Gasteiger partial charge in [-0.1, -0.05) is 30.3 Å². The minimum atomic E-state index is -0.249. The molecule has 120 valence electrons. The number of aromatic nitrogens is 1. The lowest BCUT2D eigenvalue weighted by molar-refractivity contribution is 0.0978. The summed E-state index contributed by atoms with van der Waals surface area (Å²) in [7, 11) is 0. The van der Waals surface area contributed by atoms with Crippen LogP contribution in [-0.4, -0.2) is 16.0 Å². The van der Waals surface area contributed by atoms with Crippen molar-refractivity contribution in [2.75, 3.05) is 5.32 Å². The van der Waals surface area contributed by atoms with Gasteiger partial charge >= 0.3 is 0 Å². The van der Waals surface area contributed by atoms with Crippen molar-refractivity contribution in [3.63, 3.8) is 0 Å². The van der Waals surface area contributed by atoms with Gasteiger partial charge in [-0.05, 0) is 76.3 Å². The molecule has 0 aliphatic carbocycles. The lowest BCUT2D eigenvalue weighted by Crippen LogP contribution is -2.34. The highest BCUT2D eigenvalue weighted by Gasteiger charge is 2.10. The van der Waals surface area contributed by atoms with Crippen LogP contribution in [0.3, 0.4) is 0 Å². The van der Waals surface area contributed by atoms with Gasteiger partial charge < -0.3 is 5.32 Å². The van der Waals surface area contributed by atoms with Crippen molar-refractivity contribution in [1.82, 2.24) is 10.3 Å². The number of fused-ring (bicyclic) bond motifs is 1. The van der Waals surface area contributed by atoms with Gasteiger partial charge in [0.25, 0.3) is 5.91 Å². The Morgan fingerprint density at radius 2 is 1.88 bits per heavy atom. The monoisotopic (exact) mass is 447 g/mol. The number of carbonyl (C=O) groups excluding carboxylic acids is 1. The van der Waals surface area contributed by atoms with Gasteiger partial charge in [0.15, 0.2) is 5.11 Å². The van der Waals surface area contributed by atoms with Crippen LogP contribution >= 0.6 is 34.8 Å². The first-order valence-corrected chi connectivity index (χ1v) is 8.75. The van der Waals surface area contributed by atoms with E-state index in [0.717, 1.165) is 19.9 Å². The van der Waals surface area contributed by atoms with Crippen LogP contribution in [0, 0.1) is 10.5 Å². The van der Waals surface area contributed by atoms with Crippen LogP contribution in [0.2, 0.25) is 0 Å². The number of nitrogens with zero attached hydrogens (tertiary/aromatic N) is 1. The fourth-order valence-electron chi connectivity index (χ4n) is 2.32. The molecule has 2 N–H and O–H groups in total. The van der Waals surface area contributed by atoms with Crippen molar-refractivity contribution in [2.45, 2.75) is 6.92 Å². The second-order valence-corrected chi connectivity index (χ2v) is 6.94. The van der Waals surface area contributed by atoms with Crippen molar-refractivity contribution in [2.24, 2.45) is 0 Å². The molecule has 1 heterocycles. The quantitative estimate of drug-likeness (QED) is 0.455. The molecule has 0 unspecified atom stereocenters. The molecule has 0 aliphatic rings. The zero-order valence-corrected chi connectivity index (χ0v) is 15.8. The molecule has 0 bridgehead atoms. The summed E-state index contributed by atoms with van der Waals surface area (Å²) in [5.74, 6) is 0.389. The number of benzene rings is 2. The topological polar surface area (TPSA) is 54.0 Å². The number of carbonyl (C=O) groups is 1. The van der Waals surface area contributed by atoms with Crippen molar-refractivity contribution in [1.29, 1.82) is 0 Å². The van der Waals surface area contributed by atoms with E-state index >= 15 is 0 Å². The molecule has 1 amide bonds. The molecule has 3 aromatic rings. The van der Waals surface area contributed by atoms with Crippen LogP contribution in [0.5, 0.6) is 0 Å². The molecular formula is C18H14IN3OS. The highest BCUT2D eigenvalue weighted by molar-refractivity contribution is 14.1. The number of rotatable bonds is 2. The molecular weight excluding hydrogens is 433 g/mol. The van der Waals surface area contributed by atoms with Crippen LogP contribution in [0.1, 0.15) is 15.9 Å². The summed E-state index contributed by atoms with van der Waals surface area (Å²) in [6.07, 6.45) is 1.74. The molecule has 0 saturated heterocycles. The van der Waals surface area contributed by atoms with Gasteiger partial charge in [-0.15, -0.1) is 0 Å². The fourth-order valence-corrected chi connectivity index (χ4v) is 3.11. The summed E-state index contributed by atoms with van der Waals surface area (Å²) in [6, 6.07) is 15.4. The number of anilines is 1. The SMILES string of the molecule is Cc1cc(I)cnc1NC(=S)NC(=O)c1ccc2ccccc2c1. The second kappa shape index (κ2) is 7.23. The van der Waals surface area contributed by atoms with Crippen molar-refractivity contribution >= 4 is 62.4 Å². The Morgan fingerprint density at radius 3 is 2.62 bits per heavy atom. The van der Waals surface area contributed by atoms with E-state index in [-0.39, 0.29) is 11.0 Å².